The van der Waals surface area contributed by atoms with Crippen LogP contribution in [-0.4, -0.2) is 165 Å². The first-order chi connectivity index (χ1) is 42.7. The zero-order chi connectivity index (χ0) is 64.6. The monoisotopic (exact) mass is 1460 g/mol. The number of aromatic amines is 2. The normalized spacial score (nSPS) is 14.0. The number of H-pyrrole nitrogens is 2. The number of fused-ring (bicyclic) bond motifs is 2. The van der Waals surface area contributed by atoms with Crippen LogP contribution >= 0.6 is 0 Å². The van der Waals surface area contributed by atoms with Crippen LogP contribution < -0.4 is 59.5 Å². The second kappa shape index (κ2) is 37.9. The number of hydrogen-bond acceptors (Lipinski definition) is 16. The van der Waals surface area contributed by atoms with Crippen LogP contribution in [0.3, 0.4) is 0 Å². The molecule has 2 heterocycles. The Labute approximate surface area is 550 Å². The fourth-order valence-electron chi connectivity index (χ4n) is 10.00. The molecule has 29 heteroatoms. The first-order valence-electron chi connectivity index (χ1n) is 29.1. The summed E-state index contributed by atoms with van der Waals surface area (Å²) in [5.74, 6) is -10.1. The van der Waals surface area contributed by atoms with Gasteiger partial charge in [-0.3, -0.25) is 43.2 Å². The summed E-state index contributed by atoms with van der Waals surface area (Å²) < 4.78 is 0. The van der Waals surface area contributed by atoms with E-state index in [0.29, 0.717) is 44.5 Å². The van der Waals surface area contributed by atoms with Crippen molar-refractivity contribution in [2.45, 2.75) is 119 Å². The molecule has 4 aromatic carbocycles. The Morgan fingerprint density at radius 3 is 1.52 bits per heavy atom. The van der Waals surface area contributed by atoms with Gasteiger partial charge < -0.3 is 115 Å². The zero-order valence-electron chi connectivity index (χ0n) is 49.9. The average molecular weight is 1460 g/mol. The summed E-state index contributed by atoms with van der Waals surface area (Å²) in [5, 5.41) is 43.7. The number of amides is 9. The number of aliphatic hydroxyl groups is 1. The molecule has 0 spiro atoms. The first kappa shape index (κ1) is 75.3. The van der Waals surface area contributed by atoms with Crippen molar-refractivity contribution in [3.63, 3.8) is 0 Å². The smallest absolute Gasteiger partial charge is 0.246 e. The number of aliphatic carboxylic acids is 1. The molecular weight excluding hydrogens is 1390 g/mol. The summed E-state index contributed by atoms with van der Waals surface area (Å²) in [7, 11) is 0. The van der Waals surface area contributed by atoms with Gasteiger partial charge in [0.2, 0.25) is 53.2 Å². The number of carbonyl (C=O) groups excluding carboxylic acids is 10. The van der Waals surface area contributed by atoms with Crippen LogP contribution in [0.2, 0.25) is 0 Å². The van der Waals surface area contributed by atoms with Crippen LogP contribution in [0.25, 0.3) is 21.8 Å². The molecule has 1 radical (unpaired) electrons. The summed E-state index contributed by atoms with van der Waals surface area (Å²) >= 11 is 9.88. The number of para-hydroxylation sites is 2. The standard InChI is InChI=1S/C62H79N13O12S2.O.Re/c1-36(76)54(60(84)73-50(28-38-17-6-3-7-18-38)61(85)75(33-52(65)77)51(35-89)62(86)87)74-56(80)46(23-12-13-25-63)70-58(82)48(29-39-31-67-44-21-10-8-19-41(39)44)72-59(83)49(30-40-32-68-45-22-11-9-20-42(40)45)71-57(81)47(27-37-15-4-2-5-16-37)69-53(78)24-14-26-66-55(79)43(64)34-88;;/h2-11,15-22,31-32,36,43,46-51,54,67-68,76,88-89H,12-14,23-30,33-35,63-64H2,1H3,(H2,65,77)(H,66,79)(H,69,78)(H,70,82)(H,71,81)(H,72,83)(H,73,84)(H,74,80)(H,86,87);;/q;-2;/p-3/t36-,43-,46+,47+,48-,49+,50+,51+,54+;;/m1../s1. The molecule has 0 fully saturated rings. The zero-order valence-corrected chi connectivity index (χ0v) is 54.2. The van der Waals surface area contributed by atoms with Crippen LogP contribution in [0.15, 0.2) is 122 Å². The van der Waals surface area contributed by atoms with Gasteiger partial charge >= 0.3 is 0 Å². The van der Waals surface area contributed by atoms with Gasteiger partial charge in [0.05, 0.1) is 30.7 Å². The van der Waals surface area contributed by atoms with Crippen LogP contribution in [0.4, 0.5) is 0 Å². The van der Waals surface area contributed by atoms with Crippen molar-refractivity contribution >= 4 is 106 Å². The molecule has 0 aliphatic carbocycles. The van der Waals surface area contributed by atoms with Gasteiger partial charge in [-0.15, -0.1) is 0 Å². The number of benzene rings is 4. The average Bonchev–Trinajstić information content (AvgIpc) is 1.94. The van der Waals surface area contributed by atoms with Crippen LogP contribution in [0, 0.1) is 0 Å². The predicted octanol–water partition coefficient (Wildman–Crippen LogP) is -2.03. The Kier molecular flexibility index (Phi) is 31.4. The summed E-state index contributed by atoms with van der Waals surface area (Å²) in [5.41, 5.74) is 20.8. The fraction of sp³-hybridized carbons (Fsp3) is 0.387. The number of carboxylic acids is 1. The molecule has 9 amide bonds. The summed E-state index contributed by atoms with van der Waals surface area (Å²) in [6.07, 6.45) is 1.78. The molecule has 6 rings (SSSR count). The number of aliphatic hydroxyl groups excluding tert-OH is 1. The molecule has 0 aliphatic rings. The molecule has 0 saturated carbocycles. The fourth-order valence-corrected chi connectivity index (χ4v) is 10.5. The predicted molar refractivity (Wildman–Crippen MR) is 336 cm³/mol. The number of hydrogen-bond donors (Lipinski definition) is 13. The molecule has 0 unspecified atom stereocenters. The van der Waals surface area contributed by atoms with E-state index in [1.165, 1.54) is 6.92 Å². The van der Waals surface area contributed by atoms with Gasteiger partial charge in [0.25, 0.3) is 0 Å². The van der Waals surface area contributed by atoms with Gasteiger partial charge in [-0.1, -0.05) is 97.1 Å². The maximum atomic E-state index is 15.2. The van der Waals surface area contributed by atoms with E-state index in [9.17, 15) is 48.6 Å². The number of carbonyl (C=O) groups is 10. The van der Waals surface area contributed by atoms with Crippen molar-refractivity contribution in [2.75, 3.05) is 31.1 Å². The Morgan fingerprint density at radius 2 is 1.04 bits per heavy atom. The Hall–Kier alpha value is -8.14. The van der Waals surface area contributed by atoms with Crippen molar-refractivity contribution in [3.8, 4) is 0 Å². The molecule has 0 saturated heterocycles. The van der Waals surface area contributed by atoms with E-state index in [-0.39, 0.29) is 96.1 Å². The van der Waals surface area contributed by atoms with Gasteiger partial charge in [-0.25, -0.2) is 0 Å². The summed E-state index contributed by atoms with van der Waals surface area (Å²) in [4.78, 5) is 145. The maximum Gasteiger partial charge on any atom is 0.246 e. The van der Waals surface area contributed by atoms with Crippen molar-refractivity contribution in [2.24, 2.45) is 17.2 Å². The molecule has 0 bridgehead atoms. The largest absolute Gasteiger partial charge is 2.00 e. The van der Waals surface area contributed by atoms with Crippen molar-refractivity contribution in [1.82, 2.24) is 52.1 Å². The summed E-state index contributed by atoms with van der Waals surface area (Å²) in [6.45, 7) is 0.577. The third-order valence-electron chi connectivity index (χ3n) is 14.7. The van der Waals surface area contributed by atoms with E-state index >= 15 is 9.59 Å². The van der Waals surface area contributed by atoms with E-state index in [1.807, 2.05) is 42.5 Å². The van der Waals surface area contributed by atoms with E-state index in [0.717, 1.165) is 10.9 Å². The number of aromatic nitrogens is 2. The van der Waals surface area contributed by atoms with Gasteiger partial charge in [0, 0.05) is 93.3 Å². The van der Waals surface area contributed by atoms with E-state index in [4.69, 9.17) is 42.5 Å². The second-order valence-electron chi connectivity index (χ2n) is 21.5. The number of primary amides is 1. The minimum absolute atomic E-state index is 0. The van der Waals surface area contributed by atoms with Gasteiger partial charge in [-0.05, 0) is 73.5 Å². The first-order valence-corrected chi connectivity index (χ1v) is 30.2. The molecular formula is C62H76N13O13ReS2-5. The van der Waals surface area contributed by atoms with Crippen LogP contribution in [0.5, 0.6) is 0 Å². The van der Waals surface area contributed by atoms with Gasteiger partial charge in [0.1, 0.15) is 36.3 Å². The van der Waals surface area contributed by atoms with Crippen LogP contribution in [-0.2, 0) is 125 Å². The Morgan fingerprint density at radius 1 is 0.582 bits per heavy atom. The number of carboxylic acid groups (broad SMARTS) is 1. The molecule has 0 aliphatic heterocycles. The third kappa shape index (κ3) is 22.6. The molecule has 6 aromatic rings. The van der Waals surface area contributed by atoms with E-state index in [2.05, 4.69) is 47.2 Å². The maximum absolute atomic E-state index is 15.2. The second-order valence-corrected chi connectivity index (χ2v) is 22.2. The number of nitrogens with zero attached hydrogens (tertiary/aromatic N) is 1. The third-order valence-corrected chi connectivity index (χ3v) is 15.4. The number of nitrogens with two attached hydrogens (primary N) is 3. The molecule has 2 aromatic heterocycles. The quantitative estimate of drug-likeness (QED) is 0.0149. The molecule has 91 heavy (non-hydrogen) atoms. The van der Waals surface area contributed by atoms with E-state index < -0.39 is 126 Å². The Bertz CT molecular complexity index is 3400. The number of rotatable bonds is 36. The van der Waals surface area contributed by atoms with Crippen molar-refractivity contribution in [3.05, 3.63) is 144 Å². The molecule has 16 N–H and O–H groups in total. The van der Waals surface area contributed by atoms with Crippen molar-refractivity contribution in [1.29, 1.82) is 0 Å². The number of unbranched alkanes of at least 4 members (excludes halogenated alkanes) is 1. The molecule has 9 atom stereocenters. The van der Waals surface area contributed by atoms with Crippen molar-refractivity contribution < 1.29 is 84.1 Å². The topological polar surface area (TPSA) is 440 Å². The SMILES string of the molecule is C[C@@H](O)[C@H](NC(=O)[C@H](CCCCN)NC(=O)[C@@H](Cc1c[nH]c2ccccc12)NC(=O)[C@H](Cc1c[nH]c2ccccc12)NC(=O)[C@H](Cc1ccccc1)NC(=O)CCCNC(=O)[C@H](N)C[S-])C(=O)N[C@@H](Cc1ccccc1)C(=O)N(CC(N)=O)[C@@H](C[S-])C(=O)[O-].[O-2].[Re]. The van der Waals surface area contributed by atoms with E-state index in [1.54, 1.807) is 79.1 Å². The summed E-state index contributed by atoms with van der Waals surface area (Å²) in [6, 6.07) is 19.8. The van der Waals surface area contributed by atoms with Gasteiger partial charge in [-0.2, -0.15) is 11.5 Å². The van der Waals surface area contributed by atoms with Gasteiger partial charge in [0.15, 0.2) is 0 Å². The minimum atomic E-state index is -1.83. The number of nitrogens with one attached hydrogen (secondary N) is 9. The molecule has 491 valence electrons. The van der Waals surface area contributed by atoms with Crippen LogP contribution in [0.1, 0.15) is 61.3 Å². The molecule has 26 nitrogen and oxygen atoms in total. The minimum Gasteiger partial charge on any atom is -2.00 e. The Balaban J connectivity index is 0.00000884.